The standard InChI is InChI=1S/C13H11BrFN3O2/c1-8-9(3-2-4-12(8)18(19)20)6-16-13-11(15)5-10(14)7-17-13/h2-5,7H,6H2,1H3,(H,16,17). The molecule has 1 N–H and O–H groups in total. The summed E-state index contributed by atoms with van der Waals surface area (Å²) in [4.78, 5) is 14.3. The van der Waals surface area contributed by atoms with Crippen molar-refractivity contribution in [1.82, 2.24) is 4.98 Å². The van der Waals surface area contributed by atoms with Crippen LogP contribution in [0.5, 0.6) is 0 Å². The van der Waals surface area contributed by atoms with E-state index < -0.39 is 10.7 Å². The van der Waals surface area contributed by atoms with Gasteiger partial charge in [0.05, 0.1) is 4.92 Å². The van der Waals surface area contributed by atoms with E-state index in [1.807, 2.05) is 0 Å². The Balaban J connectivity index is 2.19. The van der Waals surface area contributed by atoms with Crippen molar-refractivity contribution in [1.29, 1.82) is 0 Å². The predicted octanol–water partition coefficient (Wildman–Crippen LogP) is 3.81. The topological polar surface area (TPSA) is 68.1 Å². The van der Waals surface area contributed by atoms with Crippen LogP contribution in [-0.4, -0.2) is 9.91 Å². The molecular weight excluding hydrogens is 329 g/mol. The van der Waals surface area contributed by atoms with Crippen LogP contribution in [0, 0.1) is 22.9 Å². The third-order valence-corrected chi connectivity index (χ3v) is 3.30. The molecule has 1 aromatic carbocycles. The smallest absolute Gasteiger partial charge is 0.272 e. The zero-order valence-corrected chi connectivity index (χ0v) is 12.1. The third kappa shape index (κ3) is 3.11. The molecule has 0 atom stereocenters. The van der Waals surface area contributed by atoms with Gasteiger partial charge in [0.25, 0.3) is 5.69 Å². The van der Waals surface area contributed by atoms with Gasteiger partial charge in [0.15, 0.2) is 11.6 Å². The summed E-state index contributed by atoms with van der Waals surface area (Å²) in [5, 5.41) is 13.7. The van der Waals surface area contributed by atoms with E-state index in [2.05, 4.69) is 26.2 Å². The second-order valence-electron chi connectivity index (χ2n) is 4.16. The first-order chi connectivity index (χ1) is 9.49. The molecule has 0 saturated heterocycles. The summed E-state index contributed by atoms with van der Waals surface area (Å²) in [5.74, 6) is -0.374. The van der Waals surface area contributed by atoms with Crippen LogP contribution in [0.2, 0.25) is 0 Å². The number of nitrogens with zero attached hydrogens (tertiary/aromatic N) is 2. The Morgan fingerprint density at radius 1 is 1.50 bits per heavy atom. The van der Waals surface area contributed by atoms with Crippen LogP contribution < -0.4 is 5.32 Å². The third-order valence-electron chi connectivity index (χ3n) is 2.87. The van der Waals surface area contributed by atoms with Gasteiger partial charge in [0, 0.05) is 28.8 Å². The molecule has 5 nitrogen and oxygen atoms in total. The summed E-state index contributed by atoms with van der Waals surface area (Å²) < 4.78 is 14.1. The van der Waals surface area contributed by atoms with E-state index in [0.717, 1.165) is 5.56 Å². The van der Waals surface area contributed by atoms with Gasteiger partial charge in [-0.1, -0.05) is 12.1 Å². The average molecular weight is 340 g/mol. The van der Waals surface area contributed by atoms with Crippen LogP contribution in [0.25, 0.3) is 0 Å². The molecule has 20 heavy (non-hydrogen) atoms. The van der Waals surface area contributed by atoms with Crippen LogP contribution in [0.4, 0.5) is 15.9 Å². The number of aromatic nitrogens is 1. The molecule has 2 aromatic rings. The van der Waals surface area contributed by atoms with E-state index in [4.69, 9.17) is 0 Å². The zero-order chi connectivity index (χ0) is 14.7. The fourth-order valence-electron chi connectivity index (χ4n) is 1.78. The molecule has 7 heteroatoms. The quantitative estimate of drug-likeness (QED) is 0.679. The number of nitrogens with one attached hydrogen (secondary N) is 1. The van der Waals surface area contributed by atoms with Crippen molar-refractivity contribution in [3.05, 3.63) is 62.0 Å². The summed E-state index contributed by atoms with van der Waals surface area (Å²) in [6.07, 6.45) is 1.48. The fraction of sp³-hybridized carbons (Fsp3) is 0.154. The van der Waals surface area contributed by atoms with E-state index in [0.29, 0.717) is 10.0 Å². The fourth-order valence-corrected chi connectivity index (χ4v) is 2.09. The number of hydrogen-bond acceptors (Lipinski definition) is 4. The first kappa shape index (κ1) is 14.4. The Hall–Kier alpha value is -2.02. The van der Waals surface area contributed by atoms with E-state index in [9.17, 15) is 14.5 Å². The minimum Gasteiger partial charge on any atom is -0.364 e. The molecule has 0 spiro atoms. The lowest BCUT2D eigenvalue weighted by Gasteiger charge is -2.09. The molecule has 0 radical (unpaired) electrons. The molecule has 0 bridgehead atoms. The Morgan fingerprint density at radius 2 is 2.25 bits per heavy atom. The monoisotopic (exact) mass is 339 g/mol. The Morgan fingerprint density at radius 3 is 2.90 bits per heavy atom. The second-order valence-corrected chi connectivity index (χ2v) is 5.07. The van der Waals surface area contributed by atoms with Crippen molar-refractivity contribution in [3.8, 4) is 0 Å². The molecule has 0 saturated carbocycles. The Labute approximate surface area is 123 Å². The van der Waals surface area contributed by atoms with Crippen LogP contribution >= 0.6 is 15.9 Å². The maximum atomic E-state index is 13.6. The summed E-state index contributed by atoms with van der Waals surface area (Å²) in [5.41, 5.74) is 1.33. The number of nitro groups is 1. The van der Waals surface area contributed by atoms with Gasteiger partial charge in [0.1, 0.15) is 0 Å². The van der Waals surface area contributed by atoms with E-state index in [1.54, 1.807) is 19.1 Å². The van der Waals surface area contributed by atoms with Gasteiger partial charge in [0.2, 0.25) is 0 Å². The lowest BCUT2D eigenvalue weighted by molar-refractivity contribution is -0.385. The minimum atomic E-state index is -0.484. The number of pyridine rings is 1. The largest absolute Gasteiger partial charge is 0.364 e. The highest BCUT2D eigenvalue weighted by Crippen LogP contribution is 2.22. The van der Waals surface area contributed by atoms with Crippen molar-refractivity contribution < 1.29 is 9.31 Å². The number of rotatable bonds is 4. The van der Waals surface area contributed by atoms with Crippen LogP contribution in [0.1, 0.15) is 11.1 Å². The highest BCUT2D eigenvalue weighted by atomic mass is 79.9. The number of nitro benzene ring substituents is 1. The van der Waals surface area contributed by atoms with Gasteiger partial charge in [-0.05, 0) is 34.5 Å². The molecule has 0 aliphatic heterocycles. The number of anilines is 1. The maximum Gasteiger partial charge on any atom is 0.272 e. The number of halogens is 2. The van der Waals surface area contributed by atoms with Gasteiger partial charge in [-0.15, -0.1) is 0 Å². The predicted molar refractivity (Wildman–Crippen MR) is 77.1 cm³/mol. The van der Waals surface area contributed by atoms with E-state index >= 15 is 0 Å². The summed E-state index contributed by atoms with van der Waals surface area (Å²) in [7, 11) is 0. The second kappa shape index (κ2) is 5.96. The maximum absolute atomic E-state index is 13.6. The van der Waals surface area contributed by atoms with Crippen LogP contribution in [-0.2, 0) is 6.54 Å². The summed E-state index contributed by atoms with van der Waals surface area (Å²) >= 11 is 3.12. The first-order valence-electron chi connectivity index (χ1n) is 5.77. The zero-order valence-electron chi connectivity index (χ0n) is 10.6. The van der Waals surface area contributed by atoms with Crippen molar-refractivity contribution in [2.24, 2.45) is 0 Å². The molecule has 0 fully saturated rings. The van der Waals surface area contributed by atoms with Gasteiger partial charge >= 0.3 is 0 Å². The molecular formula is C13H11BrFN3O2. The Bertz CT molecular complexity index is 664. The van der Waals surface area contributed by atoms with Crippen molar-refractivity contribution in [2.45, 2.75) is 13.5 Å². The number of hydrogen-bond donors (Lipinski definition) is 1. The molecule has 1 aromatic heterocycles. The molecule has 1 heterocycles. The normalized spacial score (nSPS) is 10.3. The van der Waals surface area contributed by atoms with Gasteiger partial charge < -0.3 is 5.32 Å². The molecule has 104 valence electrons. The van der Waals surface area contributed by atoms with E-state index in [1.165, 1.54) is 18.3 Å². The molecule has 2 rings (SSSR count). The first-order valence-corrected chi connectivity index (χ1v) is 6.56. The SMILES string of the molecule is Cc1c(CNc2ncc(Br)cc2F)cccc1[N+](=O)[O-]. The number of benzene rings is 1. The van der Waals surface area contributed by atoms with Gasteiger partial charge in [-0.3, -0.25) is 10.1 Å². The lowest BCUT2D eigenvalue weighted by Crippen LogP contribution is -2.06. The van der Waals surface area contributed by atoms with Gasteiger partial charge in [-0.2, -0.15) is 0 Å². The van der Waals surface area contributed by atoms with Crippen molar-refractivity contribution in [2.75, 3.05) is 5.32 Å². The molecule has 0 amide bonds. The molecule has 0 aliphatic carbocycles. The Kier molecular flexibility index (Phi) is 4.29. The van der Waals surface area contributed by atoms with Crippen LogP contribution in [0.3, 0.4) is 0 Å². The van der Waals surface area contributed by atoms with Crippen molar-refractivity contribution in [3.63, 3.8) is 0 Å². The van der Waals surface area contributed by atoms with E-state index in [-0.39, 0.29) is 18.1 Å². The van der Waals surface area contributed by atoms with Crippen molar-refractivity contribution >= 4 is 27.4 Å². The highest BCUT2D eigenvalue weighted by molar-refractivity contribution is 9.10. The highest BCUT2D eigenvalue weighted by Gasteiger charge is 2.13. The van der Waals surface area contributed by atoms with Crippen LogP contribution in [0.15, 0.2) is 34.9 Å². The summed E-state index contributed by atoms with van der Waals surface area (Å²) in [6.45, 7) is 1.93. The average Bonchev–Trinajstić information content (AvgIpc) is 2.39. The summed E-state index contributed by atoms with van der Waals surface area (Å²) in [6, 6.07) is 6.10. The lowest BCUT2D eigenvalue weighted by atomic mass is 10.1. The molecule has 0 unspecified atom stereocenters. The molecule has 0 aliphatic rings. The minimum absolute atomic E-state index is 0.0496. The van der Waals surface area contributed by atoms with Gasteiger partial charge in [-0.25, -0.2) is 9.37 Å².